The molecule has 0 N–H and O–H groups in total. The Morgan fingerprint density at radius 1 is 0.324 bits per heavy atom. The van der Waals surface area contributed by atoms with Crippen molar-refractivity contribution in [3.05, 3.63) is 216 Å². The largest absolute Gasteiger partial charge is 0.310 e. The van der Waals surface area contributed by atoms with E-state index in [0.29, 0.717) is 11.8 Å². The Kier molecular flexibility index (Phi) is 12.9. The average Bonchev–Trinajstić information content (AvgIpc) is 3.31. The zero-order chi connectivity index (χ0) is 47.7. The van der Waals surface area contributed by atoms with Crippen LogP contribution in [0.3, 0.4) is 0 Å². The maximum absolute atomic E-state index is 2.47. The maximum Gasteiger partial charge on any atom is 0.0468 e. The van der Waals surface area contributed by atoms with Crippen LogP contribution in [0.4, 0.5) is 34.1 Å². The molecule has 0 amide bonds. The van der Waals surface area contributed by atoms with E-state index in [2.05, 4.69) is 273 Å². The van der Waals surface area contributed by atoms with Crippen LogP contribution in [-0.2, 0) is 12.8 Å². The number of hydrogen-bond donors (Lipinski definition) is 0. The first-order valence-corrected chi connectivity index (χ1v) is 24.7. The summed E-state index contributed by atoms with van der Waals surface area (Å²) in [6.45, 7) is 23.1. The zero-order valence-electron chi connectivity index (χ0n) is 41.9. The fourth-order valence-electron chi connectivity index (χ4n) is 10.1. The molecule has 0 aromatic heterocycles. The third kappa shape index (κ3) is 10.0. The molecular weight excluding hydrogens is 821 g/mol. The minimum Gasteiger partial charge on any atom is -0.310 e. The van der Waals surface area contributed by atoms with E-state index in [4.69, 9.17) is 0 Å². The Morgan fingerprint density at radius 3 is 1.01 bits per heavy atom. The van der Waals surface area contributed by atoms with Gasteiger partial charge in [-0.25, -0.2) is 0 Å². The van der Waals surface area contributed by atoms with Crippen molar-refractivity contribution in [1.82, 2.24) is 0 Å². The van der Waals surface area contributed by atoms with E-state index in [9.17, 15) is 0 Å². The van der Waals surface area contributed by atoms with Crippen LogP contribution < -0.4 is 9.80 Å². The van der Waals surface area contributed by atoms with Crippen molar-refractivity contribution in [3.8, 4) is 22.3 Å². The van der Waals surface area contributed by atoms with E-state index < -0.39 is 0 Å². The second-order valence-electron chi connectivity index (χ2n) is 21.9. The minimum absolute atomic E-state index is 0.161. The highest BCUT2D eigenvalue weighted by Gasteiger charge is 2.24. The van der Waals surface area contributed by atoms with Gasteiger partial charge in [-0.1, -0.05) is 191 Å². The average molecular weight is 889 g/mol. The van der Waals surface area contributed by atoms with Crippen molar-refractivity contribution in [2.45, 2.75) is 93.9 Å². The summed E-state index contributed by atoms with van der Waals surface area (Å²) in [6.07, 6.45) is 1.99. The number of hydrogen-bond acceptors (Lipinski definition) is 2. The van der Waals surface area contributed by atoms with E-state index in [1.807, 2.05) is 0 Å². The molecule has 0 aliphatic heterocycles. The highest BCUT2D eigenvalue weighted by molar-refractivity contribution is 6.22. The Hall–Kier alpha value is -6.90. The lowest BCUT2D eigenvalue weighted by Crippen LogP contribution is -2.13. The van der Waals surface area contributed by atoms with Crippen LogP contribution in [-0.4, -0.2) is 0 Å². The third-order valence-electron chi connectivity index (χ3n) is 13.1. The third-order valence-corrected chi connectivity index (χ3v) is 13.1. The van der Waals surface area contributed by atoms with Crippen molar-refractivity contribution in [1.29, 1.82) is 0 Å². The Bertz CT molecular complexity index is 2980. The van der Waals surface area contributed by atoms with Crippen molar-refractivity contribution in [3.63, 3.8) is 0 Å². The number of rotatable bonds is 12. The lowest BCUT2D eigenvalue weighted by Gasteiger charge is -2.29. The van der Waals surface area contributed by atoms with Gasteiger partial charge in [-0.2, -0.15) is 0 Å². The van der Waals surface area contributed by atoms with Crippen LogP contribution in [0, 0.1) is 10.8 Å². The van der Waals surface area contributed by atoms with Crippen LogP contribution in [0.1, 0.15) is 103 Å². The Labute approximate surface area is 406 Å². The van der Waals surface area contributed by atoms with Gasteiger partial charge in [0.15, 0.2) is 0 Å². The molecule has 0 aliphatic rings. The molecule has 0 spiro atoms. The summed E-state index contributed by atoms with van der Waals surface area (Å²) in [6, 6.07) is 73.1. The number of nitrogens with zero attached hydrogens (tertiary/aromatic N) is 2. The van der Waals surface area contributed by atoms with Crippen LogP contribution in [0.15, 0.2) is 194 Å². The van der Waals surface area contributed by atoms with Gasteiger partial charge in [-0.3, -0.25) is 0 Å². The van der Waals surface area contributed by atoms with E-state index in [0.717, 1.165) is 47.0 Å². The first kappa shape index (κ1) is 46.2. The van der Waals surface area contributed by atoms with Gasteiger partial charge in [-0.15, -0.1) is 0 Å². The molecule has 0 atom stereocenters. The summed E-state index contributed by atoms with van der Waals surface area (Å²) in [5.41, 5.74) is 17.4. The van der Waals surface area contributed by atoms with Crippen LogP contribution >= 0.6 is 0 Å². The first-order chi connectivity index (χ1) is 32.6. The molecule has 68 heavy (non-hydrogen) atoms. The Morgan fingerprint density at radius 2 is 0.662 bits per heavy atom. The van der Waals surface area contributed by atoms with Gasteiger partial charge in [0.2, 0.25) is 0 Å². The number of fused-ring (bicyclic) bond motifs is 2. The molecule has 0 saturated heterocycles. The molecule has 0 aliphatic carbocycles. The monoisotopic (exact) mass is 889 g/mol. The van der Waals surface area contributed by atoms with E-state index >= 15 is 0 Å². The number of benzene rings is 9. The zero-order valence-corrected chi connectivity index (χ0v) is 41.9. The van der Waals surface area contributed by atoms with E-state index in [1.54, 1.807) is 0 Å². The number of anilines is 6. The second kappa shape index (κ2) is 19.0. The summed E-state index contributed by atoms with van der Waals surface area (Å²) >= 11 is 0. The van der Waals surface area contributed by atoms with E-state index in [1.165, 1.54) is 66.1 Å². The molecule has 2 nitrogen and oxygen atoms in total. The summed E-state index contributed by atoms with van der Waals surface area (Å²) in [7, 11) is 0. The van der Waals surface area contributed by atoms with Gasteiger partial charge in [0, 0.05) is 34.1 Å². The van der Waals surface area contributed by atoms with Crippen LogP contribution in [0.2, 0.25) is 0 Å². The summed E-state index contributed by atoms with van der Waals surface area (Å²) in [5.74, 6) is 0.801. The van der Waals surface area contributed by atoms with Crippen molar-refractivity contribution in [2.24, 2.45) is 10.8 Å². The van der Waals surface area contributed by atoms with Gasteiger partial charge in [0.05, 0.1) is 0 Å². The van der Waals surface area contributed by atoms with Gasteiger partial charge in [0.25, 0.3) is 0 Å². The molecule has 0 saturated carbocycles. The molecule has 0 unspecified atom stereocenters. The normalized spacial score (nSPS) is 12.1. The lowest BCUT2D eigenvalue weighted by atomic mass is 9.85. The molecule has 0 fully saturated rings. The molecule has 0 heterocycles. The molecule has 9 aromatic carbocycles. The highest BCUT2D eigenvalue weighted by Crippen LogP contribution is 2.49. The molecule has 2 heteroatoms. The summed E-state index contributed by atoms with van der Waals surface area (Å²) < 4.78 is 0. The van der Waals surface area contributed by atoms with Crippen molar-refractivity contribution < 1.29 is 0 Å². The van der Waals surface area contributed by atoms with Gasteiger partial charge in [-0.05, 0) is 174 Å². The standard InChI is InChI=1S/C66H68N2/c1-45(2)51-27-19-31-55(39-51)67(53-29-17-21-47(37-53)43-65(5,6)7)57-33-35-59-61(41-57)63(49-23-13-11-14-24-49)60-36-34-58(42-62(60)64(59)50-25-15-12-16-26-50)68(56-32-20-28-52(40-56)46(3)4)54-30-18-22-48(38-54)44-66(8,9)10/h11-42,45-46H,43-44H2,1-10H3. The fraction of sp³-hybridized carbons (Fsp3) is 0.242. The lowest BCUT2D eigenvalue weighted by molar-refractivity contribution is 0.411. The van der Waals surface area contributed by atoms with Crippen molar-refractivity contribution in [2.75, 3.05) is 9.80 Å². The van der Waals surface area contributed by atoms with Gasteiger partial charge >= 0.3 is 0 Å². The highest BCUT2D eigenvalue weighted by atomic mass is 15.1. The SMILES string of the molecule is CC(C)c1cccc(N(c2cccc(CC(C)(C)C)c2)c2ccc3c(-c4ccccc4)c4cc(N(c5cccc(CC(C)(C)C)c5)c5cccc(C(C)C)c5)ccc4c(-c4ccccc4)c3c2)c1. The summed E-state index contributed by atoms with van der Waals surface area (Å²) in [5, 5.41) is 4.89. The Balaban J connectivity index is 1.34. The van der Waals surface area contributed by atoms with Gasteiger partial charge < -0.3 is 9.80 Å². The predicted molar refractivity (Wildman–Crippen MR) is 296 cm³/mol. The minimum atomic E-state index is 0.161. The molecular formula is C66H68N2. The molecule has 0 bridgehead atoms. The van der Waals surface area contributed by atoms with Gasteiger partial charge in [0.1, 0.15) is 0 Å². The topological polar surface area (TPSA) is 6.48 Å². The molecule has 9 rings (SSSR count). The van der Waals surface area contributed by atoms with E-state index in [-0.39, 0.29) is 10.8 Å². The maximum atomic E-state index is 2.47. The predicted octanol–water partition coefficient (Wildman–Crippen LogP) is 19.7. The molecule has 342 valence electrons. The molecule has 0 radical (unpaired) electrons. The van der Waals surface area contributed by atoms with Crippen molar-refractivity contribution >= 4 is 55.7 Å². The first-order valence-electron chi connectivity index (χ1n) is 24.7. The second-order valence-corrected chi connectivity index (χ2v) is 21.9. The smallest absolute Gasteiger partial charge is 0.0468 e. The summed E-state index contributed by atoms with van der Waals surface area (Å²) in [4.78, 5) is 4.94. The molecule has 9 aromatic rings. The fourth-order valence-corrected chi connectivity index (χ4v) is 10.1. The quantitative estimate of drug-likeness (QED) is 0.113. The van der Waals surface area contributed by atoms with Crippen LogP contribution in [0.5, 0.6) is 0 Å². The van der Waals surface area contributed by atoms with Crippen LogP contribution in [0.25, 0.3) is 43.8 Å².